The molecule has 3 heterocycles. The van der Waals surface area contributed by atoms with E-state index in [0.717, 1.165) is 42.6 Å². The number of nitrogens with zero attached hydrogens (tertiary/aromatic N) is 5. The molecule has 0 unspecified atom stereocenters. The summed E-state index contributed by atoms with van der Waals surface area (Å²) in [6.45, 7) is 8.28. The highest BCUT2D eigenvalue weighted by atomic mass is 19.4. The fourth-order valence-electron chi connectivity index (χ4n) is 4.29. The van der Waals surface area contributed by atoms with Crippen LogP contribution in [0, 0.1) is 6.92 Å². The third-order valence-corrected chi connectivity index (χ3v) is 6.14. The molecule has 2 aromatic rings. The molecule has 2 aliphatic rings. The van der Waals surface area contributed by atoms with Gasteiger partial charge in [-0.25, -0.2) is 4.68 Å². The Bertz CT molecular complexity index is 895. The molecule has 31 heavy (non-hydrogen) atoms. The van der Waals surface area contributed by atoms with Crippen molar-refractivity contribution in [1.29, 1.82) is 0 Å². The second-order valence-electron chi connectivity index (χ2n) is 8.33. The van der Waals surface area contributed by atoms with E-state index in [0.29, 0.717) is 26.2 Å². The fourth-order valence-corrected chi connectivity index (χ4v) is 4.29. The minimum Gasteiger partial charge on any atom is -0.336 e. The van der Waals surface area contributed by atoms with Gasteiger partial charge >= 0.3 is 6.18 Å². The lowest BCUT2D eigenvalue weighted by Gasteiger charge is -2.35. The van der Waals surface area contributed by atoms with Crippen LogP contribution in [0.2, 0.25) is 0 Å². The van der Waals surface area contributed by atoms with Crippen LogP contribution in [0.3, 0.4) is 0 Å². The number of alkyl halides is 3. The molecular weight excluding hydrogens is 407 g/mol. The molecule has 0 atom stereocenters. The zero-order valence-corrected chi connectivity index (χ0v) is 17.7. The van der Waals surface area contributed by atoms with Gasteiger partial charge in [0.05, 0.1) is 17.4 Å². The standard InChI is InChI=1S/C22H28F3N5O/c1-17-4-6-18(7-5-17)30-20(22(23,24)25)19(16-26-30)21(31)29-14-12-28(13-15-29)11-10-27-8-2-3-9-27/h4-7,16H,2-3,8-15H2,1H3. The molecule has 6 nitrogen and oxygen atoms in total. The second kappa shape index (κ2) is 9.00. The van der Waals surface area contributed by atoms with Crippen molar-refractivity contribution < 1.29 is 18.0 Å². The van der Waals surface area contributed by atoms with Gasteiger partial charge in [-0.3, -0.25) is 9.69 Å². The molecule has 1 aromatic heterocycles. The van der Waals surface area contributed by atoms with Crippen LogP contribution < -0.4 is 0 Å². The predicted octanol–water partition coefficient (Wildman–Crippen LogP) is 3.05. The molecule has 0 N–H and O–H groups in total. The topological polar surface area (TPSA) is 44.6 Å². The molecule has 2 aliphatic heterocycles. The van der Waals surface area contributed by atoms with Crippen molar-refractivity contribution in [2.24, 2.45) is 0 Å². The highest BCUT2D eigenvalue weighted by Crippen LogP contribution is 2.34. The van der Waals surface area contributed by atoms with Crippen LogP contribution in [-0.2, 0) is 6.18 Å². The van der Waals surface area contributed by atoms with Gasteiger partial charge in [-0.15, -0.1) is 0 Å². The summed E-state index contributed by atoms with van der Waals surface area (Å²) in [5.74, 6) is -0.607. The lowest BCUT2D eigenvalue weighted by atomic mass is 10.1. The average Bonchev–Trinajstić information content (AvgIpc) is 3.42. The highest BCUT2D eigenvalue weighted by molar-refractivity contribution is 5.95. The number of carbonyl (C=O) groups excluding carboxylic acids is 1. The fraction of sp³-hybridized carbons (Fsp3) is 0.545. The zero-order chi connectivity index (χ0) is 22.0. The van der Waals surface area contributed by atoms with Gasteiger partial charge in [0.1, 0.15) is 0 Å². The molecule has 1 amide bonds. The van der Waals surface area contributed by atoms with Gasteiger partial charge in [-0.2, -0.15) is 18.3 Å². The largest absolute Gasteiger partial charge is 0.434 e. The molecule has 0 spiro atoms. The van der Waals surface area contributed by atoms with Crippen molar-refractivity contribution in [3.63, 3.8) is 0 Å². The Morgan fingerprint density at radius 2 is 1.52 bits per heavy atom. The van der Waals surface area contributed by atoms with Gasteiger partial charge in [-0.1, -0.05) is 17.7 Å². The van der Waals surface area contributed by atoms with Gasteiger partial charge in [-0.05, 0) is 45.0 Å². The molecule has 168 valence electrons. The number of benzene rings is 1. The van der Waals surface area contributed by atoms with E-state index in [1.54, 1.807) is 24.3 Å². The van der Waals surface area contributed by atoms with Gasteiger partial charge < -0.3 is 9.80 Å². The molecule has 2 saturated heterocycles. The Hall–Kier alpha value is -2.39. The third-order valence-electron chi connectivity index (χ3n) is 6.14. The van der Waals surface area contributed by atoms with Crippen molar-refractivity contribution in [3.05, 3.63) is 47.3 Å². The Morgan fingerprint density at radius 3 is 2.10 bits per heavy atom. The normalized spacial score (nSPS) is 18.6. The van der Waals surface area contributed by atoms with Crippen LogP contribution in [0.4, 0.5) is 13.2 Å². The first-order chi connectivity index (χ1) is 14.8. The van der Waals surface area contributed by atoms with Crippen molar-refractivity contribution in [1.82, 2.24) is 24.5 Å². The van der Waals surface area contributed by atoms with Crippen molar-refractivity contribution in [2.45, 2.75) is 25.9 Å². The van der Waals surface area contributed by atoms with E-state index < -0.39 is 23.3 Å². The molecule has 0 aliphatic carbocycles. The minimum absolute atomic E-state index is 0.281. The van der Waals surface area contributed by atoms with Crippen LogP contribution >= 0.6 is 0 Å². The van der Waals surface area contributed by atoms with Gasteiger partial charge in [0, 0.05) is 39.3 Å². The smallest absolute Gasteiger partial charge is 0.336 e. The van der Waals surface area contributed by atoms with Gasteiger partial charge in [0.15, 0.2) is 5.69 Å². The van der Waals surface area contributed by atoms with Crippen LogP contribution in [0.5, 0.6) is 0 Å². The summed E-state index contributed by atoms with van der Waals surface area (Å²) in [5, 5.41) is 3.92. The summed E-state index contributed by atoms with van der Waals surface area (Å²) in [5.41, 5.74) is -0.191. The number of aryl methyl sites for hydroxylation is 1. The number of carbonyl (C=O) groups is 1. The molecule has 9 heteroatoms. The summed E-state index contributed by atoms with van der Waals surface area (Å²) in [4.78, 5) is 19.2. The van der Waals surface area contributed by atoms with Gasteiger partial charge in [0.25, 0.3) is 5.91 Å². The minimum atomic E-state index is -4.69. The maximum absolute atomic E-state index is 13.9. The Morgan fingerprint density at radius 1 is 0.935 bits per heavy atom. The number of hydrogen-bond acceptors (Lipinski definition) is 4. The lowest BCUT2D eigenvalue weighted by molar-refractivity contribution is -0.143. The molecule has 0 bridgehead atoms. The van der Waals surface area contributed by atoms with E-state index in [-0.39, 0.29) is 5.69 Å². The molecule has 0 saturated carbocycles. The summed E-state index contributed by atoms with van der Waals surface area (Å²) in [6.07, 6.45) is -1.14. The van der Waals surface area contributed by atoms with E-state index >= 15 is 0 Å². The van der Waals surface area contributed by atoms with Crippen molar-refractivity contribution in [2.75, 3.05) is 52.4 Å². The lowest BCUT2D eigenvalue weighted by Crippen LogP contribution is -2.50. The second-order valence-corrected chi connectivity index (χ2v) is 8.33. The average molecular weight is 435 g/mol. The van der Waals surface area contributed by atoms with E-state index in [1.165, 1.54) is 17.7 Å². The molecule has 4 rings (SSSR count). The number of likely N-dealkylation sites (tertiary alicyclic amines) is 1. The Balaban J connectivity index is 1.45. The maximum atomic E-state index is 13.9. The van der Waals surface area contributed by atoms with Crippen LogP contribution in [0.25, 0.3) is 5.69 Å². The molecule has 1 aromatic carbocycles. The molecular formula is C22H28F3N5O. The first kappa shape index (κ1) is 21.8. The number of piperazine rings is 1. The van der Waals surface area contributed by atoms with Crippen LogP contribution in [0.15, 0.2) is 30.5 Å². The van der Waals surface area contributed by atoms with Crippen molar-refractivity contribution in [3.8, 4) is 5.69 Å². The summed E-state index contributed by atoms with van der Waals surface area (Å²) < 4.78 is 42.5. The first-order valence-corrected chi connectivity index (χ1v) is 10.8. The van der Waals surface area contributed by atoms with E-state index in [9.17, 15) is 18.0 Å². The van der Waals surface area contributed by atoms with E-state index in [2.05, 4.69) is 14.9 Å². The predicted molar refractivity (Wildman–Crippen MR) is 111 cm³/mol. The Kier molecular flexibility index (Phi) is 6.34. The highest BCUT2D eigenvalue weighted by Gasteiger charge is 2.41. The summed E-state index contributed by atoms with van der Waals surface area (Å²) in [6, 6.07) is 6.59. The zero-order valence-electron chi connectivity index (χ0n) is 17.7. The van der Waals surface area contributed by atoms with Gasteiger partial charge in [0.2, 0.25) is 0 Å². The quantitative estimate of drug-likeness (QED) is 0.724. The number of amides is 1. The van der Waals surface area contributed by atoms with Crippen LogP contribution in [0.1, 0.15) is 34.5 Å². The number of aromatic nitrogens is 2. The molecule has 2 fully saturated rings. The van der Waals surface area contributed by atoms with E-state index in [4.69, 9.17) is 0 Å². The van der Waals surface area contributed by atoms with Crippen molar-refractivity contribution >= 4 is 5.91 Å². The SMILES string of the molecule is Cc1ccc(-n2ncc(C(=O)N3CCN(CCN4CCCC4)CC3)c2C(F)(F)F)cc1. The Labute approximate surface area is 180 Å². The summed E-state index contributed by atoms with van der Waals surface area (Å²) >= 11 is 0. The summed E-state index contributed by atoms with van der Waals surface area (Å²) in [7, 11) is 0. The third kappa shape index (κ3) is 4.93. The van der Waals surface area contributed by atoms with E-state index in [1.807, 2.05) is 6.92 Å². The number of rotatable bonds is 5. The monoisotopic (exact) mass is 435 g/mol. The first-order valence-electron chi connectivity index (χ1n) is 10.8. The number of hydrogen-bond donors (Lipinski definition) is 0. The number of halogens is 3. The van der Waals surface area contributed by atoms with Crippen LogP contribution in [-0.4, -0.2) is 82.7 Å². The molecule has 0 radical (unpaired) electrons. The maximum Gasteiger partial charge on any atom is 0.434 e.